The molecular weight excluding hydrogens is 500 g/mol. The van der Waals surface area contributed by atoms with E-state index in [1.807, 2.05) is 42.5 Å². The molecule has 0 spiro atoms. The number of carbonyl (C=O) groups excluding carboxylic acids is 1. The van der Waals surface area contributed by atoms with Gasteiger partial charge in [-0.15, -0.1) is 0 Å². The lowest BCUT2D eigenvalue weighted by molar-refractivity contribution is 0.0688. The van der Waals surface area contributed by atoms with E-state index in [-0.39, 0.29) is 11.7 Å². The first kappa shape index (κ1) is 25.7. The van der Waals surface area contributed by atoms with Gasteiger partial charge in [0.1, 0.15) is 5.69 Å². The van der Waals surface area contributed by atoms with Gasteiger partial charge in [0, 0.05) is 34.4 Å². The number of fused-ring (bicyclic) bond motifs is 1. The minimum Gasteiger partial charge on any atom is -0.477 e. The maximum atomic E-state index is 13.1. The largest absolute Gasteiger partial charge is 0.477 e. The molecule has 1 aromatic heterocycles. The molecule has 4 aromatic rings. The molecule has 0 radical (unpaired) electrons. The summed E-state index contributed by atoms with van der Waals surface area (Å²) in [5.74, 6) is -1.02. The molecule has 38 heavy (non-hydrogen) atoms. The molecule has 1 saturated carbocycles. The number of nitrogens with zero attached hydrogens (tertiary/aromatic N) is 2. The van der Waals surface area contributed by atoms with Crippen molar-refractivity contribution >= 4 is 51.6 Å². The normalized spacial score (nSPS) is 13.8. The predicted molar refractivity (Wildman–Crippen MR) is 154 cm³/mol. The molecule has 0 unspecified atom stereocenters. The Balaban J connectivity index is 1.57. The van der Waals surface area contributed by atoms with Crippen molar-refractivity contribution < 1.29 is 14.7 Å². The first-order valence-electron chi connectivity index (χ1n) is 13.0. The second-order valence-electron chi connectivity index (χ2n) is 9.59. The molecule has 1 aliphatic carbocycles. The average molecular weight is 531 g/mol. The van der Waals surface area contributed by atoms with Crippen LogP contribution in [-0.2, 0) is 0 Å². The number of hydrogen-bond acceptors (Lipinski definition) is 3. The third kappa shape index (κ3) is 5.34. The maximum Gasteiger partial charge on any atom is 0.352 e. The molecule has 5 rings (SSSR count). The van der Waals surface area contributed by atoms with Gasteiger partial charge in [0.2, 0.25) is 0 Å². The number of aromatic carboxylic acids is 1. The Morgan fingerprint density at radius 3 is 2.42 bits per heavy atom. The van der Waals surface area contributed by atoms with Crippen molar-refractivity contribution in [2.75, 3.05) is 22.1 Å². The van der Waals surface area contributed by atoms with Crippen molar-refractivity contribution in [3.63, 3.8) is 0 Å². The van der Waals surface area contributed by atoms with E-state index in [9.17, 15) is 14.7 Å². The first-order valence-corrected chi connectivity index (χ1v) is 13.4. The summed E-state index contributed by atoms with van der Waals surface area (Å²) in [5, 5.41) is 17.3. The molecule has 0 bridgehead atoms. The Hall–Kier alpha value is -3.97. The van der Waals surface area contributed by atoms with Gasteiger partial charge >= 0.3 is 12.0 Å². The number of rotatable bonds is 7. The van der Waals surface area contributed by atoms with Crippen LogP contribution in [0.5, 0.6) is 0 Å². The Morgan fingerprint density at radius 2 is 1.71 bits per heavy atom. The maximum absolute atomic E-state index is 13.1. The second-order valence-corrected chi connectivity index (χ2v) is 10.0. The topological polar surface area (TPSA) is 86.6 Å². The lowest BCUT2D eigenvalue weighted by Crippen LogP contribution is -2.37. The highest BCUT2D eigenvalue weighted by Crippen LogP contribution is 2.35. The Labute approximate surface area is 227 Å². The van der Waals surface area contributed by atoms with Crippen molar-refractivity contribution in [1.82, 2.24) is 4.57 Å². The molecule has 2 amide bonds. The zero-order valence-electron chi connectivity index (χ0n) is 21.3. The van der Waals surface area contributed by atoms with Crippen molar-refractivity contribution in [3.8, 4) is 5.69 Å². The zero-order valence-corrected chi connectivity index (χ0v) is 22.0. The van der Waals surface area contributed by atoms with Crippen LogP contribution in [0.15, 0.2) is 72.8 Å². The fourth-order valence-electron chi connectivity index (χ4n) is 5.44. The summed E-state index contributed by atoms with van der Waals surface area (Å²) in [6, 6.07) is 22.0. The van der Waals surface area contributed by atoms with Gasteiger partial charge in [-0.2, -0.15) is 0 Å². The lowest BCUT2D eigenvalue weighted by Gasteiger charge is -2.36. The van der Waals surface area contributed by atoms with E-state index in [1.54, 1.807) is 34.9 Å². The van der Waals surface area contributed by atoms with Gasteiger partial charge in [0.15, 0.2) is 0 Å². The van der Waals surface area contributed by atoms with Gasteiger partial charge in [-0.3, -0.25) is 0 Å². The molecule has 0 saturated heterocycles. The molecule has 196 valence electrons. The number of para-hydroxylation sites is 1. The number of carboxylic acids is 1. The van der Waals surface area contributed by atoms with Gasteiger partial charge in [-0.05, 0) is 74.4 Å². The third-order valence-corrected chi connectivity index (χ3v) is 7.44. The number of urea groups is 1. The van der Waals surface area contributed by atoms with Crippen LogP contribution in [0.3, 0.4) is 0 Å². The molecule has 0 atom stereocenters. The molecule has 7 nitrogen and oxygen atoms in total. The van der Waals surface area contributed by atoms with Crippen molar-refractivity contribution in [1.29, 1.82) is 0 Å². The first-order chi connectivity index (χ1) is 18.4. The summed E-state index contributed by atoms with van der Waals surface area (Å²) in [6.45, 7) is 2.92. The van der Waals surface area contributed by atoms with Crippen LogP contribution in [0.1, 0.15) is 49.5 Å². The summed E-state index contributed by atoms with van der Waals surface area (Å²) in [6.07, 6.45) is 5.85. The monoisotopic (exact) mass is 530 g/mol. The summed E-state index contributed by atoms with van der Waals surface area (Å²) in [4.78, 5) is 27.6. The number of halogens is 1. The third-order valence-electron chi connectivity index (χ3n) is 7.18. The standard InChI is InChI=1S/C30H31ClN4O3/c1-2-34(23-9-4-3-5-10-23)27-17-16-24(35-26-11-7-6-8-20(26)18-28(35)29(36)37)19-25(27)33-30(38)32-22-14-12-21(31)13-15-22/h6-8,11-19,23H,2-5,9-10H2,1H3,(H,36,37)(H2,32,33,38). The van der Waals surface area contributed by atoms with E-state index in [0.29, 0.717) is 28.1 Å². The number of benzene rings is 3. The summed E-state index contributed by atoms with van der Waals surface area (Å²) < 4.78 is 1.72. The summed E-state index contributed by atoms with van der Waals surface area (Å²) >= 11 is 5.99. The van der Waals surface area contributed by atoms with Gasteiger partial charge < -0.3 is 25.2 Å². The SMILES string of the molecule is CCN(c1ccc(-n2c(C(=O)O)cc3ccccc32)cc1NC(=O)Nc1ccc(Cl)cc1)C1CCCCC1. The van der Waals surface area contributed by atoms with Crippen LogP contribution in [-0.4, -0.2) is 34.3 Å². The molecule has 1 fully saturated rings. The second kappa shape index (κ2) is 11.2. The highest BCUT2D eigenvalue weighted by molar-refractivity contribution is 6.30. The highest BCUT2D eigenvalue weighted by atomic mass is 35.5. The van der Waals surface area contributed by atoms with E-state index in [4.69, 9.17) is 11.6 Å². The van der Waals surface area contributed by atoms with Crippen LogP contribution in [0.2, 0.25) is 5.02 Å². The molecular formula is C30H31ClN4O3. The highest BCUT2D eigenvalue weighted by Gasteiger charge is 2.24. The number of amides is 2. The molecule has 8 heteroatoms. The van der Waals surface area contributed by atoms with E-state index in [1.165, 1.54) is 19.3 Å². The van der Waals surface area contributed by atoms with Crippen molar-refractivity contribution in [2.45, 2.75) is 45.1 Å². The Kier molecular flexibility index (Phi) is 7.56. The Morgan fingerprint density at radius 1 is 0.974 bits per heavy atom. The van der Waals surface area contributed by atoms with E-state index in [2.05, 4.69) is 22.5 Å². The molecule has 3 aromatic carbocycles. The molecule has 0 aliphatic heterocycles. The van der Waals surface area contributed by atoms with Gasteiger partial charge in [-0.1, -0.05) is 49.1 Å². The lowest BCUT2D eigenvalue weighted by atomic mass is 9.93. The molecule has 1 heterocycles. The van der Waals surface area contributed by atoms with Crippen molar-refractivity contribution in [2.24, 2.45) is 0 Å². The van der Waals surface area contributed by atoms with Crippen LogP contribution in [0.4, 0.5) is 21.9 Å². The quantitative estimate of drug-likeness (QED) is 0.227. The van der Waals surface area contributed by atoms with Gasteiger partial charge in [0.25, 0.3) is 0 Å². The molecule has 3 N–H and O–H groups in total. The molecule has 1 aliphatic rings. The summed E-state index contributed by atoms with van der Waals surface area (Å²) in [7, 11) is 0. The number of carboxylic acid groups (broad SMARTS) is 1. The minimum absolute atomic E-state index is 0.162. The average Bonchev–Trinajstić information content (AvgIpc) is 3.32. The van der Waals surface area contributed by atoms with E-state index in [0.717, 1.165) is 36.0 Å². The summed E-state index contributed by atoms with van der Waals surface area (Å²) in [5.41, 5.74) is 3.77. The number of nitrogens with one attached hydrogen (secondary N) is 2. The number of anilines is 3. The van der Waals surface area contributed by atoms with Crippen LogP contribution >= 0.6 is 11.6 Å². The number of carbonyl (C=O) groups is 2. The van der Waals surface area contributed by atoms with Crippen LogP contribution in [0, 0.1) is 0 Å². The van der Waals surface area contributed by atoms with Gasteiger partial charge in [0.05, 0.1) is 16.9 Å². The fraction of sp³-hybridized carbons (Fsp3) is 0.267. The van der Waals surface area contributed by atoms with Gasteiger partial charge in [-0.25, -0.2) is 9.59 Å². The number of hydrogen-bond donors (Lipinski definition) is 3. The smallest absolute Gasteiger partial charge is 0.352 e. The predicted octanol–water partition coefficient (Wildman–Crippen LogP) is 7.79. The zero-order chi connectivity index (χ0) is 26.6. The van der Waals surface area contributed by atoms with Crippen LogP contribution < -0.4 is 15.5 Å². The minimum atomic E-state index is -1.02. The van der Waals surface area contributed by atoms with E-state index >= 15 is 0 Å². The van der Waals surface area contributed by atoms with Crippen LogP contribution in [0.25, 0.3) is 16.6 Å². The Bertz CT molecular complexity index is 1460. The van der Waals surface area contributed by atoms with E-state index < -0.39 is 5.97 Å². The number of aromatic nitrogens is 1. The fourth-order valence-corrected chi connectivity index (χ4v) is 5.57. The van der Waals surface area contributed by atoms with Crippen molar-refractivity contribution in [3.05, 3.63) is 83.5 Å².